The van der Waals surface area contributed by atoms with Gasteiger partial charge in [0.25, 0.3) is 0 Å². The third kappa shape index (κ3) is 2.56. The van der Waals surface area contributed by atoms with Crippen LogP contribution >= 0.6 is 0 Å². The average molecular weight is 244 g/mol. The number of hydrogen-bond donors (Lipinski definition) is 1. The van der Waals surface area contributed by atoms with E-state index in [1.54, 1.807) is 6.20 Å². The van der Waals surface area contributed by atoms with Gasteiger partial charge in [-0.2, -0.15) is 4.98 Å². The Labute approximate surface area is 106 Å². The Bertz CT molecular complexity index is 491. The minimum Gasteiger partial charge on any atom is -0.339 e. The molecule has 1 aliphatic heterocycles. The van der Waals surface area contributed by atoms with Crippen LogP contribution in [0, 0.1) is 0 Å². The van der Waals surface area contributed by atoms with Crippen LogP contribution in [0.1, 0.15) is 36.2 Å². The number of aromatic nitrogens is 3. The molecule has 0 amide bonds. The van der Waals surface area contributed by atoms with Crippen LogP contribution in [0.3, 0.4) is 0 Å². The number of nitrogens with one attached hydrogen (secondary N) is 1. The van der Waals surface area contributed by atoms with Crippen molar-refractivity contribution < 1.29 is 4.52 Å². The van der Waals surface area contributed by atoms with E-state index in [-0.39, 0.29) is 0 Å². The zero-order valence-corrected chi connectivity index (χ0v) is 10.2. The van der Waals surface area contributed by atoms with Crippen molar-refractivity contribution in [2.75, 3.05) is 13.1 Å². The zero-order valence-electron chi connectivity index (χ0n) is 10.2. The molecule has 1 N–H and O–H groups in total. The lowest BCUT2D eigenvalue weighted by atomic mass is 10.00. The van der Waals surface area contributed by atoms with Gasteiger partial charge in [-0.15, -0.1) is 0 Å². The van der Waals surface area contributed by atoms with E-state index in [0.29, 0.717) is 18.2 Å². The minimum atomic E-state index is 0.365. The van der Waals surface area contributed by atoms with Crippen molar-refractivity contribution in [3.05, 3.63) is 41.8 Å². The van der Waals surface area contributed by atoms with Crippen molar-refractivity contribution in [2.45, 2.75) is 25.2 Å². The van der Waals surface area contributed by atoms with Crippen LogP contribution in [0.15, 0.2) is 28.9 Å². The van der Waals surface area contributed by atoms with E-state index in [4.69, 9.17) is 4.52 Å². The molecule has 1 aliphatic rings. The van der Waals surface area contributed by atoms with E-state index in [9.17, 15) is 0 Å². The highest BCUT2D eigenvalue weighted by molar-refractivity contribution is 5.09. The molecule has 0 unspecified atom stereocenters. The molecule has 0 aromatic carbocycles. The second-order valence-corrected chi connectivity index (χ2v) is 4.59. The summed E-state index contributed by atoms with van der Waals surface area (Å²) in [5, 5.41) is 7.38. The first-order chi connectivity index (χ1) is 8.92. The quantitative estimate of drug-likeness (QED) is 0.887. The molecule has 1 fully saturated rings. The predicted molar refractivity (Wildman–Crippen MR) is 66.2 cm³/mol. The summed E-state index contributed by atoms with van der Waals surface area (Å²) in [6.45, 7) is 2.02. The predicted octanol–water partition coefficient (Wildman–Crippen LogP) is 1.52. The lowest BCUT2D eigenvalue weighted by Gasteiger charge is -2.18. The van der Waals surface area contributed by atoms with Gasteiger partial charge in [-0.1, -0.05) is 11.2 Å². The lowest BCUT2D eigenvalue weighted by molar-refractivity contribution is 0.320. The van der Waals surface area contributed by atoms with Crippen molar-refractivity contribution in [1.82, 2.24) is 20.4 Å². The van der Waals surface area contributed by atoms with E-state index in [0.717, 1.165) is 31.1 Å². The molecule has 5 nitrogen and oxygen atoms in total. The van der Waals surface area contributed by atoms with Crippen LogP contribution < -0.4 is 5.32 Å². The summed E-state index contributed by atoms with van der Waals surface area (Å²) >= 11 is 0. The molecule has 3 rings (SSSR count). The monoisotopic (exact) mass is 244 g/mol. The molecule has 94 valence electrons. The number of pyridine rings is 1. The van der Waals surface area contributed by atoms with Crippen LogP contribution in [0.4, 0.5) is 0 Å². The second kappa shape index (κ2) is 5.27. The van der Waals surface area contributed by atoms with E-state index in [1.165, 1.54) is 6.42 Å². The largest absolute Gasteiger partial charge is 0.339 e. The number of hydrogen-bond acceptors (Lipinski definition) is 5. The maximum atomic E-state index is 5.35. The van der Waals surface area contributed by atoms with Crippen LogP contribution in [-0.2, 0) is 6.42 Å². The highest BCUT2D eigenvalue weighted by atomic mass is 16.5. The fourth-order valence-corrected chi connectivity index (χ4v) is 2.23. The molecule has 0 aliphatic carbocycles. The Kier molecular flexibility index (Phi) is 3.32. The topological polar surface area (TPSA) is 63.8 Å². The minimum absolute atomic E-state index is 0.365. The van der Waals surface area contributed by atoms with E-state index in [2.05, 4.69) is 20.4 Å². The van der Waals surface area contributed by atoms with Gasteiger partial charge in [0.2, 0.25) is 5.89 Å². The van der Waals surface area contributed by atoms with Crippen LogP contribution in [0.5, 0.6) is 0 Å². The van der Waals surface area contributed by atoms with Gasteiger partial charge in [-0.25, -0.2) is 0 Å². The Hall–Kier alpha value is -1.75. The molecule has 1 atom stereocenters. The highest BCUT2D eigenvalue weighted by Gasteiger charge is 2.21. The summed E-state index contributed by atoms with van der Waals surface area (Å²) in [5.41, 5.74) is 0.964. The van der Waals surface area contributed by atoms with Gasteiger partial charge in [-0.3, -0.25) is 4.98 Å². The lowest BCUT2D eigenvalue weighted by Crippen LogP contribution is -2.28. The van der Waals surface area contributed by atoms with E-state index >= 15 is 0 Å². The van der Waals surface area contributed by atoms with Crippen molar-refractivity contribution in [3.8, 4) is 0 Å². The van der Waals surface area contributed by atoms with Crippen molar-refractivity contribution in [3.63, 3.8) is 0 Å². The summed E-state index contributed by atoms with van der Waals surface area (Å²) in [4.78, 5) is 8.73. The van der Waals surface area contributed by atoms with Gasteiger partial charge in [0.05, 0.1) is 12.3 Å². The van der Waals surface area contributed by atoms with E-state index < -0.39 is 0 Å². The third-order valence-electron chi connectivity index (χ3n) is 3.20. The number of piperidine rings is 1. The Balaban J connectivity index is 1.69. The molecule has 0 spiro atoms. The molecule has 2 aromatic heterocycles. The molecular weight excluding hydrogens is 228 g/mol. The number of nitrogens with zero attached hydrogens (tertiary/aromatic N) is 3. The van der Waals surface area contributed by atoms with Crippen molar-refractivity contribution in [2.24, 2.45) is 0 Å². The van der Waals surface area contributed by atoms with E-state index in [1.807, 2.05) is 18.2 Å². The smallest absolute Gasteiger partial charge is 0.231 e. The maximum Gasteiger partial charge on any atom is 0.231 e. The fourth-order valence-electron chi connectivity index (χ4n) is 2.23. The molecule has 3 heterocycles. The maximum absolute atomic E-state index is 5.35. The SMILES string of the molecule is c1ccc(Cc2noc([C@@H]3CCCNC3)n2)nc1. The molecule has 0 radical (unpaired) electrons. The number of rotatable bonds is 3. The molecule has 1 saturated heterocycles. The summed E-state index contributed by atoms with van der Waals surface area (Å²) in [5.74, 6) is 1.84. The molecule has 5 heteroatoms. The van der Waals surface area contributed by atoms with Crippen molar-refractivity contribution >= 4 is 0 Å². The first-order valence-corrected chi connectivity index (χ1v) is 6.35. The second-order valence-electron chi connectivity index (χ2n) is 4.59. The van der Waals surface area contributed by atoms with Crippen LogP contribution in [0.2, 0.25) is 0 Å². The first kappa shape index (κ1) is 11.3. The Morgan fingerprint density at radius 3 is 3.17 bits per heavy atom. The van der Waals surface area contributed by atoms with Gasteiger partial charge >= 0.3 is 0 Å². The zero-order chi connectivity index (χ0) is 12.2. The highest BCUT2D eigenvalue weighted by Crippen LogP contribution is 2.21. The molecule has 18 heavy (non-hydrogen) atoms. The molecular formula is C13H16N4O. The summed E-state index contributed by atoms with van der Waals surface area (Å²) < 4.78 is 5.35. The normalized spacial score (nSPS) is 19.9. The van der Waals surface area contributed by atoms with Gasteiger partial charge in [0, 0.05) is 18.4 Å². The van der Waals surface area contributed by atoms with Crippen LogP contribution in [0.25, 0.3) is 0 Å². The summed E-state index contributed by atoms with van der Waals surface area (Å²) in [6.07, 6.45) is 4.70. The van der Waals surface area contributed by atoms with Gasteiger partial charge in [0.15, 0.2) is 5.82 Å². The first-order valence-electron chi connectivity index (χ1n) is 6.35. The molecule has 0 saturated carbocycles. The Morgan fingerprint density at radius 1 is 1.39 bits per heavy atom. The van der Waals surface area contributed by atoms with Gasteiger partial charge < -0.3 is 9.84 Å². The average Bonchev–Trinajstić information content (AvgIpc) is 2.89. The summed E-state index contributed by atoms with van der Waals surface area (Å²) in [6, 6.07) is 5.84. The third-order valence-corrected chi connectivity index (χ3v) is 3.20. The standard InChI is InChI=1S/C13H16N4O/c1-2-7-15-11(5-1)8-12-16-13(18-17-12)10-4-3-6-14-9-10/h1-2,5,7,10,14H,3-4,6,8-9H2/t10-/m1/s1. The molecule has 2 aromatic rings. The van der Waals surface area contributed by atoms with Gasteiger partial charge in [-0.05, 0) is 31.5 Å². The Morgan fingerprint density at radius 2 is 2.39 bits per heavy atom. The van der Waals surface area contributed by atoms with Crippen LogP contribution in [-0.4, -0.2) is 28.2 Å². The van der Waals surface area contributed by atoms with Crippen molar-refractivity contribution in [1.29, 1.82) is 0 Å². The fraction of sp³-hybridized carbons (Fsp3) is 0.462. The van der Waals surface area contributed by atoms with Gasteiger partial charge in [0.1, 0.15) is 0 Å². The summed E-state index contributed by atoms with van der Waals surface area (Å²) in [7, 11) is 0. The molecule has 0 bridgehead atoms.